The van der Waals surface area contributed by atoms with Gasteiger partial charge in [-0.3, -0.25) is 0 Å². The first kappa shape index (κ1) is 8.20. The zero-order valence-electron chi connectivity index (χ0n) is 7.02. The van der Waals surface area contributed by atoms with Crippen LogP contribution in [0.1, 0.15) is 38.6 Å². The quantitative estimate of drug-likeness (QED) is 0.690. The molecule has 0 aromatic carbocycles. The van der Waals surface area contributed by atoms with Gasteiger partial charge in [0.25, 0.3) is 0 Å². The van der Waals surface area contributed by atoms with Gasteiger partial charge in [0.15, 0.2) is 0 Å². The van der Waals surface area contributed by atoms with Crippen LogP contribution in [0.4, 0.5) is 0 Å². The molecule has 4 nitrogen and oxygen atoms in total. The second-order valence-electron chi connectivity index (χ2n) is 2.89. The van der Waals surface area contributed by atoms with Crippen LogP contribution in [0, 0.1) is 0 Å². The van der Waals surface area contributed by atoms with E-state index in [0.29, 0.717) is 11.7 Å². The standard InChI is InChI=1S/C7H13N3O/c1-5(2)10-4-7(6(3)11)8-9-10/h4-6,11H,1-3H3/t6-/m1/s1. The minimum atomic E-state index is -0.525. The highest BCUT2D eigenvalue weighted by Crippen LogP contribution is 2.09. The summed E-state index contributed by atoms with van der Waals surface area (Å²) in [5, 5.41) is 16.7. The molecule has 0 aliphatic heterocycles. The van der Waals surface area contributed by atoms with E-state index in [-0.39, 0.29) is 0 Å². The monoisotopic (exact) mass is 155 g/mol. The topological polar surface area (TPSA) is 50.9 Å². The van der Waals surface area contributed by atoms with Crippen LogP contribution in [0.2, 0.25) is 0 Å². The molecule has 0 amide bonds. The van der Waals surface area contributed by atoms with Gasteiger partial charge in [-0.15, -0.1) is 5.10 Å². The average Bonchev–Trinajstić information content (AvgIpc) is 2.33. The number of aromatic nitrogens is 3. The van der Waals surface area contributed by atoms with E-state index in [9.17, 15) is 0 Å². The van der Waals surface area contributed by atoms with Crippen LogP contribution in [-0.4, -0.2) is 20.1 Å². The molecule has 4 heteroatoms. The second kappa shape index (κ2) is 3.00. The lowest BCUT2D eigenvalue weighted by Gasteiger charge is -2.01. The van der Waals surface area contributed by atoms with Crippen molar-refractivity contribution >= 4 is 0 Å². The molecule has 11 heavy (non-hydrogen) atoms. The SMILES string of the molecule is CC(C)n1cc([C@@H](C)O)nn1. The highest BCUT2D eigenvalue weighted by molar-refractivity contribution is 4.95. The minimum absolute atomic E-state index is 0.301. The van der Waals surface area contributed by atoms with Crippen molar-refractivity contribution < 1.29 is 5.11 Å². The Kier molecular flexibility index (Phi) is 2.24. The number of aliphatic hydroxyl groups excluding tert-OH is 1. The summed E-state index contributed by atoms with van der Waals surface area (Å²) in [6.45, 7) is 5.70. The van der Waals surface area contributed by atoms with Gasteiger partial charge in [-0.25, -0.2) is 4.68 Å². The van der Waals surface area contributed by atoms with Gasteiger partial charge >= 0.3 is 0 Å². The van der Waals surface area contributed by atoms with Gasteiger partial charge in [0.2, 0.25) is 0 Å². The Morgan fingerprint density at radius 1 is 1.45 bits per heavy atom. The van der Waals surface area contributed by atoms with Gasteiger partial charge < -0.3 is 5.11 Å². The van der Waals surface area contributed by atoms with Crippen LogP contribution in [0.15, 0.2) is 6.20 Å². The minimum Gasteiger partial charge on any atom is -0.387 e. The maximum absolute atomic E-state index is 9.10. The van der Waals surface area contributed by atoms with Gasteiger partial charge in [0.05, 0.1) is 12.3 Å². The van der Waals surface area contributed by atoms with Crippen LogP contribution in [0.3, 0.4) is 0 Å². The van der Waals surface area contributed by atoms with Crippen LogP contribution in [-0.2, 0) is 0 Å². The van der Waals surface area contributed by atoms with Crippen molar-refractivity contribution in [3.05, 3.63) is 11.9 Å². The first-order chi connectivity index (χ1) is 5.11. The molecule has 1 aromatic heterocycles. The third-order valence-electron chi connectivity index (χ3n) is 1.49. The third-order valence-corrected chi connectivity index (χ3v) is 1.49. The van der Waals surface area contributed by atoms with Crippen molar-refractivity contribution in [2.45, 2.75) is 32.9 Å². The number of hydrogen-bond acceptors (Lipinski definition) is 3. The molecule has 0 unspecified atom stereocenters. The Bertz CT molecular complexity index is 207. The summed E-state index contributed by atoms with van der Waals surface area (Å²) < 4.78 is 1.72. The second-order valence-corrected chi connectivity index (χ2v) is 2.89. The van der Waals surface area contributed by atoms with E-state index in [1.807, 2.05) is 13.8 Å². The predicted octanol–water partition coefficient (Wildman–Crippen LogP) is 0.912. The summed E-state index contributed by atoms with van der Waals surface area (Å²) in [4.78, 5) is 0. The normalized spacial score (nSPS) is 13.9. The van der Waals surface area contributed by atoms with Crippen molar-refractivity contribution in [2.75, 3.05) is 0 Å². The van der Waals surface area contributed by atoms with Crippen molar-refractivity contribution in [1.82, 2.24) is 15.0 Å². The third kappa shape index (κ3) is 1.77. The molecule has 62 valence electrons. The molecule has 0 radical (unpaired) electrons. The van der Waals surface area contributed by atoms with Crippen LogP contribution >= 0.6 is 0 Å². The van der Waals surface area contributed by atoms with E-state index in [4.69, 9.17) is 5.11 Å². The van der Waals surface area contributed by atoms with Crippen molar-refractivity contribution in [1.29, 1.82) is 0 Å². The lowest BCUT2D eigenvalue weighted by atomic mass is 10.3. The highest BCUT2D eigenvalue weighted by atomic mass is 16.3. The number of hydrogen-bond donors (Lipinski definition) is 1. The summed E-state index contributed by atoms with van der Waals surface area (Å²) in [6, 6.07) is 0.301. The molecule has 1 atom stereocenters. The van der Waals surface area contributed by atoms with E-state index >= 15 is 0 Å². The highest BCUT2D eigenvalue weighted by Gasteiger charge is 2.06. The smallest absolute Gasteiger partial charge is 0.111 e. The van der Waals surface area contributed by atoms with Gasteiger partial charge in [-0.2, -0.15) is 0 Å². The maximum atomic E-state index is 9.10. The molecule has 0 aliphatic rings. The molecular formula is C7H13N3O. The Morgan fingerprint density at radius 2 is 2.09 bits per heavy atom. The zero-order chi connectivity index (χ0) is 8.43. The summed E-state index contributed by atoms with van der Waals surface area (Å²) in [6.07, 6.45) is 1.23. The molecule has 0 fully saturated rings. The maximum Gasteiger partial charge on any atom is 0.111 e. The largest absolute Gasteiger partial charge is 0.387 e. The van der Waals surface area contributed by atoms with Crippen molar-refractivity contribution in [3.63, 3.8) is 0 Å². The van der Waals surface area contributed by atoms with E-state index in [2.05, 4.69) is 10.3 Å². The Morgan fingerprint density at radius 3 is 2.36 bits per heavy atom. The molecule has 0 aliphatic carbocycles. The Hall–Kier alpha value is -0.900. The molecule has 1 aromatic rings. The molecule has 1 rings (SSSR count). The summed E-state index contributed by atoms with van der Waals surface area (Å²) in [7, 11) is 0. The van der Waals surface area contributed by atoms with Crippen molar-refractivity contribution in [3.8, 4) is 0 Å². The van der Waals surface area contributed by atoms with Crippen molar-refractivity contribution in [2.24, 2.45) is 0 Å². The fraction of sp³-hybridized carbons (Fsp3) is 0.714. The average molecular weight is 155 g/mol. The molecular weight excluding hydrogens is 142 g/mol. The molecule has 0 saturated heterocycles. The first-order valence-corrected chi connectivity index (χ1v) is 3.71. The fourth-order valence-electron chi connectivity index (χ4n) is 0.734. The van der Waals surface area contributed by atoms with Gasteiger partial charge in [-0.05, 0) is 20.8 Å². The van der Waals surface area contributed by atoms with Crippen LogP contribution < -0.4 is 0 Å². The summed E-state index contributed by atoms with van der Waals surface area (Å²) in [5.74, 6) is 0. The number of aliphatic hydroxyl groups is 1. The van der Waals surface area contributed by atoms with Gasteiger partial charge in [0, 0.05) is 6.04 Å². The van der Waals surface area contributed by atoms with E-state index in [1.165, 1.54) is 0 Å². The molecule has 0 bridgehead atoms. The fourth-order valence-corrected chi connectivity index (χ4v) is 0.734. The lowest BCUT2D eigenvalue weighted by molar-refractivity contribution is 0.194. The van der Waals surface area contributed by atoms with E-state index in [0.717, 1.165) is 0 Å². The Balaban J connectivity index is 2.82. The van der Waals surface area contributed by atoms with Crippen LogP contribution in [0.25, 0.3) is 0 Å². The number of rotatable bonds is 2. The first-order valence-electron chi connectivity index (χ1n) is 3.71. The summed E-state index contributed by atoms with van der Waals surface area (Å²) in [5.41, 5.74) is 0.624. The zero-order valence-corrected chi connectivity index (χ0v) is 7.02. The van der Waals surface area contributed by atoms with Gasteiger partial charge in [-0.1, -0.05) is 5.21 Å². The lowest BCUT2D eigenvalue weighted by Crippen LogP contribution is -2.00. The predicted molar refractivity (Wildman–Crippen MR) is 41.0 cm³/mol. The Labute approximate surface area is 65.8 Å². The summed E-state index contributed by atoms with van der Waals surface area (Å²) >= 11 is 0. The van der Waals surface area contributed by atoms with Gasteiger partial charge in [0.1, 0.15) is 5.69 Å². The van der Waals surface area contributed by atoms with E-state index in [1.54, 1.807) is 17.8 Å². The van der Waals surface area contributed by atoms with E-state index < -0.39 is 6.10 Å². The molecule has 1 heterocycles. The number of nitrogens with zero attached hydrogens (tertiary/aromatic N) is 3. The van der Waals surface area contributed by atoms with Crippen LogP contribution in [0.5, 0.6) is 0 Å². The molecule has 0 saturated carbocycles. The molecule has 0 spiro atoms. The molecule has 1 N–H and O–H groups in total.